The summed E-state index contributed by atoms with van der Waals surface area (Å²) < 4.78 is 6.30. The summed E-state index contributed by atoms with van der Waals surface area (Å²) in [5.74, 6) is 0.622. The van der Waals surface area contributed by atoms with Crippen molar-refractivity contribution < 1.29 is 9.53 Å². The number of thioether (sulfide) groups is 1. The highest BCUT2D eigenvalue weighted by atomic mass is 32.2. The maximum absolute atomic E-state index is 12.0. The van der Waals surface area contributed by atoms with Crippen LogP contribution in [0.25, 0.3) is 6.08 Å². The van der Waals surface area contributed by atoms with Gasteiger partial charge in [0, 0.05) is 12.6 Å². The quantitative estimate of drug-likeness (QED) is 0.605. The van der Waals surface area contributed by atoms with Gasteiger partial charge in [0.05, 0.1) is 16.5 Å². The molecule has 0 spiro atoms. The van der Waals surface area contributed by atoms with Crippen molar-refractivity contribution in [1.29, 1.82) is 5.26 Å². The number of carbonyl (C=O) groups excluding carboxylic acids is 1. The number of carbonyl (C=O) groups is 1. The van der Waals surface area contributed by atoms with Gasteiger partial charge in [-0.3, -0.25) is 9.69 Å². The van der Waals surface area contributed by atoms with Gasteiger partial charge in [0.2, 0.25) is 0 Å². The molecule has 4 nitrogen and oxygen atoms in total. The Kier molecular flexibility index (Phi) is 5.17. The normalized spacial score (nSPS) is 15.5. The second-order valence-corrected chi connectivity index (χ2v) is 7.04. The molecule has 0 unspecified atom stereocenters. The van der Waals surface area contributed by atoms with E-state index < -0.39 is 0 Å². The Morgan fingerprint density at radius 1 is 1.24 bits per heavy atom. The van der Waals surface area contributed by atoms with Crippen molar-refractivity contribution in [2.45, 2.75) is 6.61 Å². The van der Waals surface area contributed by atoms with E-state index in [1.165, 1.54) is 16.7 Å². The van der Waals surface area contributed by atoms with Crippen molar-refractivity contribution in [3.05, 3.63) is 70.1 Å². The van der Waals surface area contributed by atoms with Crippen LogP contribution in [-0.2, 0) is 11.4 Å². The summed E-state index contributed by atoms with van der Waals surface area (Å²) in [6.07, 6.45) is 1.82. The number of likely N-dealkylation sites (N-methyl/N-ethyl adjacent to an activating group) is 1. The van der Waals surface area contributed by atoms with Crippen LogP contribution in [-0.4, -0.2) is 22.2 Å². The number of benzene rings is 2. The fourth-order valence-corrected chi connectivity index (χ4v) is 3.45. The molecule has 0 aromatic heterocycles. The van der Waals surface area contributed by atoms with Crippen LogP contribution >= 0.6 is 24.0 Å². The highest BCUT2D eigenvalue weighted by Gasteiger charge is 2.28. The minimum absolute atomic E-state index is 0.0802. The van der Waals surface area contributed by atoms with Crippen LogP contribution in [0.3, 0.4) is 0 Å². The molecule has 1 amide bonds. The van der Waals surface area contributed by atoms with Crippen molar-refractivity contribution in [2.24, 2.45) is 0 Å². The van der Waals surface area contributed by atoms with Crippen LogP contribution in [0, 0.1) is 11.3 Å². The standard InChI is InChI=1S/C19H14N2O2S2/c1-21-18(22)17(25-19(21)24)10-13-6-8-16(9-7-13)23-12-15-5-3-2-4-14(15)11-20/h2-10H,12H2,1H3. The zero-order chi connectivity index (χ0) is 17.8. The Bertz CT molecular complexity index is 898. The van der Waals surface area contributed by atoms with E-state index in [1.54, 1.807) is 13.1 Å². The summed E-state index contributed by atoms with van der Waals surface area (Å²) in [5.41, 5.74) is 2.36. The molecule has 0 aliphatic carbocycles. The highest BCUT2D eigenvalue weighted by molar-refractivity contribution is 8.26. The van der Waals surface area contributed by atoms with E-state index in [-0.39, 0.29) is 5.91 Å². The van der Waals surface area contributed by atoms with E-state index in [2.05, 4.69) is 6.07 Å². The second kappa shape index (κ2) is 7.51. The van der Waals surface area contributed by atoms with Gasteiger partial charge < -0.3 is 4.74 Å². The van der Waals surface area contributed by atoms with Gasteiger partial charge in [-0.2, -0.15) is 5.26 Å². The maximum atomic E-state index is 12.0. The topological polar surface area (TPSA) is 53.3 Å². The molecule has 0 bridgehead atoms. The first-order chi connectivity index (χ1) is 12.1. The van der Waals surface area contributed by atoms with Gasteiger partial charge in [-0.1, -0.05) is 54.3 Å². The number of nitriles is 1. The fraction of sp³-hybridized carbons (Fsp3) is 0.105. The average molecular weight is 366 g/mol. The summed E-state index contributed by atoms with van der Waals surface area (Å²) >= 11 is 6.42. The van der Waals surface area contributed by atoms with Gasteiger partial charge in [-0.25, -0.2) is 0 Å². The van der Waals surface area contributed by atoms with E-state index in [4.69, 9.17) is 22.2 Å². The largest absolute Gasteiger partial charge is 0.489 e. The Hall–Kier alpha value is -2.62. The second-order valence-electron chi connectivity index (χ2n) is 5.37. The van der Waals surface area contributed by atoms with Gasteiger partial charge in [-0.05, 0) is 29.8 Å². The zero-order valence-electron chi connectivity index (χ0n) is 13.4. The smallest absolute Gasteiger partial charge is 0.265 e. The lowest BCUT2D eigenvalue weighted by atomic mass is 10.1. The van der Waals surface area contributed by atoms with Gasteiger partial charge in [0.15, 0.2) is 0 Å². The van der Waals surface area contributed by atoms with Gasteiger partial charge in [0.25, 0.3) is 5.91 Å². The van der Waals surface area contributed by atoms with Gasteiger partial charge in [-0.15, -0.1) is 0 Å². The van der Waals surface area contributed by atoms with Crippen molar-refractivity contribution in [2.75, 3.05) is 7.05 Å². The van der Waals surface area contributed by atoms with Crippen molar-refractivity contribution in [3.63, 3.8) is 0 Å². The summed E-state index contributed by atoms with van der Waals surface area (Å²) in [7, 11) is 1.68. The maximum Gasteiger partial charge on any atom is 0.265 e. The average Bonchev–Trinajstić information content (AvgIpc) is 2.88. The number of amides is 1. The third-order valence-electron chi connectivity index (χ3n) is 3.70. The van der Waals surface area contributed by atoms with E-state index in [9.17, 15) is 4.79 Å². The molecule has 1 heterocycles. The Labute approximate surface area is 155 Å². The lowest BCUT2D eigenvalue weighted by Gasteiger charge is -2.08. The molecule has 1 fully saturated rings. The lowest BCUT2D eigenvalue weighted by molar-refractivity contribution is -0.121. The van der Waals surface area contributed by atoms with E-state index in [1.807, 2.05) is 48.5 Å². The number of thiocarbonyl (C=S) groups is 1. The van der Waals surface area contributed by atoms with Crippen molar-refractivity contribution >= 4 is 40.3 Å². The molecule has 6 heteroatoms. The van der Waals surface area contributed by atoms with E-state index in [0.29, 0.717) is 27.1 Å². The predicted octanol–water partition coefficient (Wildman–Crippen LogP) is 3.97. The summed E-state index contributed by atoms with van der Waals surface area (Å²) in [6, 6.07) is 17.0. The number of hydrogen-bond acceptors (Lipinski definition) is 5. The SMILES string of the molecule is CN1C(=O)C(=Cc2ccc(OCc3ccccc3C#N)cc2)SC1=S. The van der Waals surface area contributed by atoms with Crippen molar-refractivity contribution in [3.8, 4) is 11.8 Å². The number of nitrogens with zero attached hydrogens (tertiary/aromatic N) is 2. The number of rotatable bonds is 4. The van der Waals surface area contributed by atoms with Crippen molar-refractivity contribution in [1.82, 2.24) is 4.90 Å². The van der Waals surface area contributed by atoms with E-state index in [0.717, 1.165) is 11.1 Å². The summed E-state index contributed by atoms with van der Waals surface area (Å²) in [6.45, 7) is 0.331. The molecule has 3 rings (SSSR count). The van der Waals surface area contributed by atoms with Crippen LogP contribution in [0.1, 0.15) is 16.7 Å². The molecule has 0 atom stereocenters. The Morgan fingerprint density at radius 2 is 1.96 bits per heavy atom. The predicted molar refractivity (Wildman–Crippen MR) is 103 cm³/mol. The first kappa shape index (κ1) is 17.2. The molecule has 1 aliphatic heterocycles. The third kappa shape index (κ3) is 3.90. The third-order valence-corrected chi connectivity index (χ3v) is 5.18. The number of ether oxygens (including phenoxy) is 1. The molecule has 124 valence electrons. The molecule has 0 radical (unpaired) electrons. The van der Waals surface area contributed by atoms with E-state index >= 15 is 0 Å². The monoisotopic (exact) mass is 366 g/mol. The molecule has 25 heavy (non-hydrogen) atoms. The highest BCUT2D eigenvalue weighted by Crippen LogP contribution is 2.31. The molecular weight excluding hydrogens is 352 g/mol. The molecule has 2 aromatic carbocycles. The Morgan fingerprint density at radius 3 is 2.60 bits per heavy atom. The van der Waals surface area contributed by atoms with Gasteiger partial charge >= 0.3 is 0 Å². The van der Waals surface area contributed by atoms with Crippen LogP contribution in [0.5, 0.6) is 5.75 Å². The van der Waals surface area contributed by atoms with Crippen LogP contribution in [0.4, 0.5) is 0 Å². The molecular formula is C19H14N2O2S2. The molecule has 0 N–H and O–H groups in total. The van der Waals surface area contributed by atoms with Crippen LogP contribution in [0.15, 0.2) is 53.4 Å². The minimum atomic E-state index is -0.0802. The molecule has 0 saturated carbocycles. The minimum Gasteiger partial charge on any atom is -0.489 e. The molecule has 2 aromatic rings. The van der Waals surface area contributed by atoms with Gasteiger partial charge in [0.1, 0.15) is 16.7 Å². The summed E-state index contributed by atoms with van der Waals surface area (Å²) in [5, 5.41) is 9.09. The lowest BCUT2D eigenvalue weighted by Crippen LogP contribution is -2.22. The Balaban J connectivity index is 1.68. The first-order valence-electron chi connectivity index (χ1n) is 7.51. The number of hydrogen-bond donors (Lipinski definition) is 0. The van der Waals surface area contributed by atoms with Crippen LogP contribution in [0.2, 0.25) is 0 Å². The van der Waals surface area contributed by atoms with Crippen LogP contribution < -0.4 is 4.74 Å². The molecule has 1 saturated heterocycles. The first-order valence-corrected chi connectivity index (χ1v) is 8.73. The summed E-state index contributed by atoms with van der Waals surface area (Å²) in [4.78, 5) is 14.1. The fourth-order valence-electron chi connectivity index (χ4n) is 2.27. The molecule has 1 aliphatic rings. The zero-order valence-corrected chi connectivity index (χ0v) is 15.1.